The van der Waals surface area contributed by atoms with Crippen molar-refractivity contribution in [1.29, 1.82) is 0 Å². The van der Waals surface area contributed by atoms with Crippen LogP contribution in [-0.2, 0) is 32.6 Å². The number of hydrogen-bond acceptors (Lipinski definition) is 5. The Morgan fingerprint density at radius 1 is 1.00 bits per heavy atom. The zero-order valence-corrected chi connectivity index (χ0v) is 21.3. The lowest BCUT2D eigenvalue weighted by molar-refractivity contribution is -0.141. The molecule has 0 fully saturated rings. The highest BCUT2D eigenvalue weighted by atomic mass is 32.2. The van der Waals surface area contributed by atoms with Crippen molar-refractivity contribution >= 4 is 21.8 Å². The molecule has 0 spiro atoms. The summed E-state index contributed by atoms with van der Waals surface area (Å²) in [6.07, 6.45) is 1.35. The average molecular weight is 490 g/mol. The number of nitrogens with one attached hydrogen (secondary N) is 1. The van der Waals surface area contributed by atoms with Gasteiger partial charge >= 0.3 is 0 Å². The second kappa shape index (κ2) is 12.5. The Morgan fingerprint density at radius 2 is 1.62 bits per heavy atom. The number of carbonyl (C=O) groups is 2. The third-order valence-electron chi connectivity index (χ3n) is 5.39. The lowest BCUT2D eigenvalue weighted by Crippen LogP contribution is -2.53. The minimum absolute atomic E-state index is 0.146. The summed E-state index contributed by atoms with van der Waals surface area (Å²) in [5.41, 5.74) is 1.70. The van der Waals surface area contributed by atoms with Gasteiger partial charge in [0.25, 0.3) is 0 Å². The summed E-state index contributed by atoms with van der Waals surface area (Å²) in [5.74, 6) is 0.183. The number of benzene rings is 2. The van der Waals surface area contributed by atoms with Gasteiger partial charge in [-0.3, -0.25) is 9.59 Å². The van der Waals surface area contributed by atoms with Crippen LogP contribution >= 0.6 is 0 Å². The quantitative estimate of drug-likeness (QED) is 0.494. The minimum Gasteiger partial charge on any atom is -0.497 e. The minimum atomic E-state index is -3.57. The largest absolute Gasteiger partial charge is 0.497 e. The third kappa shape index (κ3) is 8.46. The summed E-state index contributed by atoms with van der Waals surface area (Å²) in [6, 6.07) is 15.9. The van der Waals surface area contributed by atoms with E-state index in [0.717, 1.165) is 21.7 Å². The highest BCUT2D eigenvalue weighted by Gasteiger charge is 2.31. The molecule has 0 aromatic heterocycles. The van der Waals surface area contributed by atoms with Gasteiger partial charge in [-0.1, -0.05) is 56.3 Å². The summed E-state index contributed by atoms with van der Waals surface area (Å²) < 4.78 is 30.1. The molecule has 0 aliphatic rings. The van der Waals surface area contributed by atoms with Crippen molar-refractivity contribution in [2.75, 3.05) is 33.5 Å². The molecule has 0 aliphatic carbocycles. The molecule has 186 valence electrons. The molecule has 0 saturated heterocycles. The highest BCUT2D eigenvalue weighted by Crippen LogP contribution is 2.18. The van der Waals surface area contributed by atoms with Crippen molar-refractivity contribution in [3.05, 3.63) is 65.7 Å². The molecule has 1 atom stereocenters. The SMILES string of the molecule is COc1ccc(CN(C(=O)CN(C)S(C)(=O)=O)C(Cc2ccccc2)C(=O)NCC(C)C)cc1. The summed E-state index contributed by atoms with van der Waals surface area (Å²) in [7, 11) is -0.650. The highest BCUT2D eigenvalue weighted by molar-refractivity contribution is 7.88. The first kappa shape index (κ1) is 27.3. The number of likely N-dealkylation sites (N-methyl/N-ethyl adjacent to an activating group) is 1. The van der Waals surface area contributed by atoms with Gasteiger partial charge in [-0.25, -0.2) is 8.42 Å². The molecule has 2 aromatic rings. The van der Waals surface area contributed by atoms with Crippen molar-refractivity contribution in [3.63, 3.8) is 0 Å². The number of hydrogen-bond donors (Lipinski definition) is 1. The fourth-order valence-electron chi connectivity index (χ4n) is 3.30. The molecule has 0 radical (unpaired) electrons. The van der Waals surface area contributed by atoms with Crippen LogP contribution in [0.25, 0.3) is 0 Å². The van der Waals surface area contributed by atoms with Crippen LogP contribution in [0.5, 0.6) is 5.75 Å². The molecule has 2 amide bonds. The third-order valence-corrected chi connectivity index (χ3v) is 6.65. The van der Waals surface area contributed by atoms with E-state index in [0.29, 0.717) is 18.7 Å². The molecule has 0 heterocycles. The maximum atomic E-state index is 13.4. The fraction of sp³-hybridized carbons (Fsp3) is 0.440. The standard InChI is InChI=1S/C25H35N3O5S/c1-19(2)16-26-25(30)23(15-20-9-7-6-8-10-20)28(24(29)18-27(3)34(5,31)32)17-21-11-13-22(33-4)14-12-21/h6-14,19,23H,15-18H2,1-5H3,(H,26,30). The monoisotopic (exact) mass is 489 g/mol. The van der Waals surface area contributed by atoms with E-state index in [1.165, 1.54) is 11.9 Å². The van der Waals surface area contributed by atoms with Crippen LogP contribution in [0.4, 0.5) is 0 Å². The van der Waals surface area contributed by atoms with Crippen molar-refractivity contribution in [1.82, 2.24) is 14.5 Å². The second-order valence-corrected chi connectivity index (χ2v) is 10.8. The van der Waals surface area contributed by atoms with E-state index < -0.39 is 22.0 Å². The number of ether oxygens (including phenoxy) is 1. The normalized spacial score (nSPS) is 12.4. The van der Waals surface area contributed by atoms with Gasteiger partial charge in [0.05, 0.1) is 19.9 Å². The van der Waals surface area contributed by atoms with Gasteiger partial charge < -0.3 is 15.0 Å². The van der Waals surface area contributed by atoms with E-state index in [1.54, 1.807) is 19.2 Å². The molecule has 0 bridgehead atoms. The molecule has 34 heavy (non-hydrogen) atoms. The molecule has 0 aliphatic heterocycles. The number of amides is 2. The Balaban J connectivity index is 2.43. The first-order valence-electron chi connectivity index (χ1n) is 11.2. The number of rotatable bonds is 12. The summed E-state index contributed by atoms with van der Waals surface area (Å²) >= 11 is 0. The Bertz CT molecular complexity index is 1040. The first-order chi connectivity index (χ1) is 16.0. The molecule has 1 unspecified atom stereocenters. The van der Waals surface area contributed by atoms with Crippen molar-refractivity contribution in [2.24, 2.45) is 5.92 Å². The Kier molecular flexibility index (Phi) is 10.1. The average Bonchev–Trinajstić information content (AvgIpc) is 2.80. The molecular formula is C25H35N3O5S. The van der Waals surface area contributed by atoms with Crippen LogP contribution in [0, 0.1) is 5.92 Å². The number of methoxy groups -OCH3 is 1. The lowest BCUT2D eigenvalue weighted by Gasteiger charge is -2.32. The number of sulfonamides is 1. The predicted octanol–water partition coefficient (Wildman–Crippen LogP) is 2.30. The van der Waals surface area contributed by atoms with E-state index in [1.807, 2.05) is 56.3 Å². The van der Waals surface area contributed by atoms with Gasteiger partial charge in [0.1, 0.15) is 11.8 Å². The van der Waals surface area contributed by atoms with Crippen LogP contribution in [-0.4, -0.2) is 69.0 Å². The molecule has 1 N–H and O–H groups in total. The molecule has 9 heteroatoms. The van der Waals surface area contributed by atoms with Crippen LogP contribution < -0.4 is 10.1 Å². The Hall–Kier alpha value is -2.91. The molecule has 2 rings (SSSR count). The van der Waals surface area contributed by atoms with Crippen LogP contribution in [0.2, 0.25) is 0 Å². The first-order valence-corrected chi connectivity index (χ1v) is 13.0. The maximum Gasteiger partial charge on any atom is 0.243 e. The summed E-state index contributed by atoms with van der Waals surface area (Å²) in [5, 5.41) is 2.94. The second-order valence-electron chi connectivity index (χ2n) is 8.73. The Morgan fingerprint density at radius 3 is 2.15 bits per heavy atom. The van der Waals surface area contributed by atoms with Gasteiger partial charge in [-0.15, -0.1) is 0 Å². The summed E-state index contributed by atoms with van der Waals surface area (Å²) in [6.45, 7) is 4.24. The van der Waals surface area contributed by atoms with Gasteiger partial charge in [0.15, 0.2) is 0 Å². The number of nitrogens with zero attached hydrogens (tertiary/aromatic N) is 2. The van der Waals surface area contributed by atoms with Gasteiger partial charge in [0.2, 0.25) is 21.8 Å². The van der Waals surface area contributed by atoms with Crippen molar-refractivity contribution < 1.29 is 22.7 Å². The topological polar surface area (TPSA) is 96.0 Å². The van der Waals surface area contributed by atoms with E-state index in [2.05, 4.69) is 5.32 Å². The smallest absolute Gasteiger partial charge is 0.243 e. The zero-order chi connectivity index (χ0) is 25.3. The maximum absolute atomic E-state index is 13.4. The van der Waals surface area contributed by atoms with E-state index in [9.17, 15) is 18.0 Å². The lowest BCUT2D eigenvalue weighted by atomic mass is 10.0. The molecule has 2 aromatic carbocycles. The zero-order valence-electron chi connectivity index (χ0n) is 20.5. The molecule has 0 saturated carbocycles. The van der Waals surface area contributed by atoms with Crippen LogP contribution in [0.3, 0.4) is 0 Å². The van der Waals surface area contributed by atoms with Crippen LogP contribution in [0.15, 0.2) is 54.6 Å². The van der Waals surface area contributed by atoms with Crippen molar-refractivity contribution in [2.45, 2.75) is 32.9 Å². The molecular weight excluding hydrogens is 454 g/mol. The molecule has 8 nitrogen and oxygen atoms in total. The van der Waals surface area contributed by atoms with Gasteiger partial charge in [0, 0.05) is 26.6 Å². The van der Waals surface area contributed by atoms with E-state index in [4.69, 9.17) is 4.74 Å². The van der Waals surface area contributed by atoms with E-state index in [-0.39, 0.29) is 24.9 Å². The van der Waals surface area contributed by atoms with E-state index >= 15 is 0 Å². The Labute approximate surface area is 202 Å². The fourth-order valence-corrected chi connectivity index (χ4v) is 3.65. The summed E-state index contributed by atoms with van der Waals surface area (Å²) in [4.78, 5) is 28.2. The van der Waals surface area contributed by atoms with Crippen molar-refractivity contribution in [3.8, 4) is 5.75 Å². The van der Waals surface area contributed by atoms with Crippen LogP contribution in [0.1, 0.15) is 25.0 Å². The predicted molar refractivity (Wildman–Crippen MR) is 133 cm³/mol. The number of carbonyl (C=O) groups excluding carboxylic acids is 2. The van der Waals surface area contributed by atoms with Gasteiger partial charge in [-0.05, 0) is 29.2 Å². The van der Waals surface area contributed by atoms with Gasteiger partial charge in [-0.2, -0.15) is 4.31 Å².